The minimum atomic E-state index is -0.780. The number of aromatic nitrogens is 2. The van der Waals surface area contributed by atoms with E-state index in [4.69, 9.17) is 4.98 Å². The zero-order valence-corrected chi connectivity index (χ0v) is 18.8. The van der Waals surface area contributed by atoms with E-state index in [9.17, 15) is 9.90 Å². The second-order valence-electron chi connectivity index (χ2n) is 9.96. The van der Waals surface area contributed by atoms with E-state index in [0.717, 1.165) is 68.9 Å². The summed E-state index contributed by atoms with van der Waals surface area (Å²) in [6.07, 6.45) is 7.46. The number of likely N-dealkylation sites (tertiary alicyclic amines) is 1. The van der Waals surface area contributed by atoms with Gasteiger partial charge in [0.2, 0.25) is 0 Å². The van der Waals surface area contributed by atoms with Crippen molar-refractivity contribution in [2.75, 3.05) is 31.5 Å². The van der Waals surface area contributed by atoms with Crippen LogP contribution in [0.15, 0.2) is 30.5 Å². The molecule has 0 unspecified atom stereocenters. The number of aliphatic carboxylic acids is 1. The van der Waals surface area contributed by atoms with Crippen LogP contribution < -0.4 is 10.6 Å². The van der Waals surface area contributed by atoms with Crippen molar-refractivity contribution in [2.45, 2.75) is 57.5 Å². The summed E-state index contributed by atoms with van der Waals surface area (Å²) >= 11 is 0. The third-order valence-electron chi connectivity index (χ3n) is 7.27. The average Bonchev–Trinajstić information content (AvgIpc) is 2.73. The summed E-state index contributed by atoms with van der Waals surface area (Å²) in [5.41, 5.74) is 4.85. The van der Waals surface area contributed by atoms with E-state index in [2.05, 4.69) is 32.7 Å². The highest BCUT2D eigenvalue weighted by Gasteiger charge is 2.52. The van der Waals surface area contributed by atoms with Gasteiger partial charge < -0.3 is 20.6 Å². The van der Waals surface area contributed by atoms with E-state index in [0.29, 0.717) is 11.5 Å². The first kappa shape index (κ1) is 21.3. The lowest BCUT2D eigenvalue weighted by atomic mass is 9.60. The van der Waals surface area contributed by atoms with Crippen molar-refractivity contribution in [3.8, 4) is 0 Å². The van der Waals surface area contributed by atoms with Crippen LogP contribution in [0.3, 0.4) is 0 Å². The molecule has 32 heavy (non-hydrogen) atoms. The van der Waals surface area contributed by atoms with Gasteiger partial charge in [-0.1, -0.05) is 12.1 Å². The largest absolute Gasteiger partial charge is 0.481 e. The standard InChI is InChI=1S/C25H33N5O2/c1-17-4-5-19(14-27-17)22(11-23(31)32)28-21-12-25(13-21)15-30(16-25)10-8-20-7-6-18-3-2-9-26-24(18)29-20/h4-7,14,21-22,28H,2-3,8-13,15-16H2,1H3,(H,26,29)(H,31,32)/t22-/m0/s1. The molecule has 1 atom stereocenters. The van der Waals surface area contributed by atoms with E-state index in [1.165, 1.54) is 17.7 Å². The molecule has 3 N–H and O–H groups in total. The zero-order valence-electron chi connectivity index (χ0n) is 18.8. The number of nitrogens with zero attached hydrogens (tertiary/aromatic N) is 3. The van der Waals surface area contributed by atoms with Crippen LogP contribution in [0.2, 0.25) is 0 Å². The molecule has 1 saturated carbocycles. The molecule has 7 heteroatoms. The van der Waals surface area contributed by atoms with Crippen LogP contribution in [0.5, 0.6) is 0 Å². The molecule has 1 aliphatic carbocycles. The smallest absolute Gasteiger partial charge is 0.305 e. The van der Waals surface area contributed by atoms with Gasteiger partial charge in [-0.15, -0.1) is 0 Å². The lowest BCUT2D eigenvalue weighted by molar-refractivity contribution is -0.138. The maximum atomic E-state index is 11.4. The highest BCUT2D eigenvalue weighted by molar-refractivity contribution is 5.68. The second-order valence-corrected chi connectivity index (χ2v) is 9.96. The lowest BCUT2D eigenvalue weighted by Crippen LogP contribution is -2.66. The van der Waals surface area contributed by atoms with Gasteiger partial charge in [-0.25, -0.2) is 4.98 Å². The molecule has 5 rings (SSSR count). The summed E-state index contributed by atoms with van der Waals surface area (Å²) in [5, 5.41) is 16.4. The molecule has 2 aliphatic heterocycles. The Morgan fingerprint density at radius 1 is 1.31 bits per heavy atom. The topological polar surface area (TPSA) is 90.4 Å². The van der Waals surface area contributed by atoms with Crippen LogP contribution in [-0.4, -0.2) is 58.2 Å². The van der Waals surface area contributed by atoms with Crippen LogP contribution in [0.25, 0.3) is 0 Å². The van der Waals surface area contributed by atoms with Crippen LogP contribution in [0.4, 0.5) is 5.82 Å². The third-order valence-corrected chi connectivity index (χ3v) is 7.27. The maximum Gasteiger partial charge on any atom is 0.305 e. The lowest BCUT2D eigenvalue weighted by Gasteiger charge is -2.60. The summed E-state index contributed by atoms with van der Waals surface area (Å²) < 4.78 is 0. The van der Waals surface area contributed by atoms with Gasteiger partial charge in [-0.2, -0.15) is 0 Å². The Morgan fingerprint density at radius 2 is 2.16 bits per heavy atom. The molecule has 3 aliphatic rings. The first-order valence-electron chi connectivity index (χ1n) is 11.8. The number of aryl methyl sites for hydroxylation is 2. The third kappa shape index (κ3) is 4.64. The molecular weight excluding hydrogens is 402 g/mol. The number of anilines is 1. The first-order chi connectivity index (χ1) is 15.5. The van der Waals surface area contributed by atoms with E-state index in [1.807, 2.05) is 19.1 Å². The first-order valence-corrected chi connectivity index (χ1v) is 11.8. The second kappa shape index (κ2) is 8.79. The fourth-order valence-corrected chi connectivity index (χ4v) is 5.62. The van der Waals surface area contributed by atoms with Gasteiger partial charge in [0.05, 0.1) is 6.42 Å². The Balaban J connectivity index is 1.08. The Labute approximate surface area is 189 Å². The summed E-state index contributed by atoms with van der Waals surface area (Å²) in [6, 6.07) is 8.57. The molecule has 2 fully saturated rings. The molecule has 0 amide bonds. The quantitative estimate of drug-likeness (QED) is 0.587. The Hall–Kier alpha value is -2.51. The Morgan fingerprint density at radius 3 is 2.91 bits per heavy atom. The summed E-state index contributed by atoms with van der Waals surface area (Å²) in [6.45, 7) is 6.32. The van der Waals surface area contributed by atoms with E-state index in [1.54, 1.807) is 6.20 Å². The summed E-state index contributed by atoms with van der Waals surface area (Å²) in [4.78, 5) is 23.1. The highest BCUT2D eigenvalue weighted by Crippen LogP contribution is 2.49. The van der Waals surface area contributed by atoms with Gasteiger partial charge >= 0.3 is 5.97 Å². The fraction of sp³-hybridized carbons (Fsp3) is 0.560. The molecule has 4 heterocycles. The van der Waals surface area contributed by atoms with Crippen molar-refractivity contribution in [1.82, 2.24) is 20.2 Å². The van der Waals surface area contributed by atoms with Gasteiger partial charge in [-0.3, -0.25) is 9.78 Å². The Kier molecular flexibility index (Phi) is 5.86. The van der Waals surface area contributed by atoms with Gasteiger partial charge in [0.15, 0.2) is 0 Å². The number of carboxylic acids is 1. The minimum Gasteiger partial charge on any atom is -0.481 e. The van der Waals surface area contributed by atoms with E-state index >= 15 is 0 Å². The number of carboxylic acid groups (broad SMARTS) is 1. The number of rotatable bonds is 8. The molecular formula is C25H33N5O2. The fourth-order valence-electron chi connectivity index (χ4n) is 5.62. The molecule has 2 aromatic heterocycles. The molecule has 0 aromatic carbocycles. The summed E-state index contributed by atoms with van der Waals surface area (Å²) in [5.74, 6) is 0.305. The van der Waals surface area contributed by atoms with Crippen molar-refractivity contribution in [2.24, 2.45) is 5.41 Å². The minimum absolute atomic E-state index is 0.0863. The van der Waals surface area contributed by atoms with Crippen molar-refractivity contribution in [1.29, 1.82) is 0 Å². The predicted molar refractivity (Wildman–Crippen MR) is 124 cm³/mol. The molecule has 0 bridgehead atoms. The van der Waals surface area contributed by atoms with Gasteiger partial charge in [0.25, 0.3) is 0 Å². The molecule has 2 aromatic rings. The zero-order chi connectivity index (χ0) is 22.1. The number of pyridine rings is 2. The SMILES string of the molecule is Cc1ccc([C@H](CC(=O)O)NC2CC3(C2)CN(CCc2ccc4c(n2)NCCC4)C3)cn1. The van der Waals surface area contributed by atoms with Crippen LogP contribution in [0.1, 0.15) is 54.2 Å². The number of hydrogen-bond donors (Lipinski definition) is 3. The molecule has 1 saturated heterocycles. The molecule has 0 radical (unpaired) electrons. The normalized spacial score (nSPS) is 20.7. The number of carbonyl (C=O) groups is 1. The monoisotopic (exact) mass is 435 g/mol. The molecule has 1 spiro atoms. The Bertz CT molecular complexity index is 963. The highest BCUT2D eigenvalue weighted by atomic mass is 16.4. The van der Waals surface area contributed by atoms with Crippen LogP contribution in [0, 0.1) is 12.3 Å². The molecule has 7 nitrogen and oxygen atoms in total. The van der Waals surface area contributed by atoms with E-state index < -0.39 is 5.97 Å². The van der Waals surface area contributed by atoms with Gasteiger partial charge in [-0.05, 0) is 61.3 Å². The maximum absolute atomic E-state index is 11.4. The van der Waals surface area contributed by atoms with Crippen molar-refractivity contribution in [3.05, 3.63) is 53.0 Å². The number of fused-ring (bicyclic) bond motifs is 1. The van der Waals surface area contributed by atoms with Gasteiger partial charge in [0, 0.05) is 62.3 Å². The van der Waals surface area contributed by atoms with Gasteiger partial charge in [0.1, 0.15) is 5.82 Å². The van der Waals surface area contributed by atoms with Crippen LogP contribution >= 0.6 is 0 Å². The van der Waals surface area contributed by atoms with Crippen LogP contribution in [-0.2, 0) is 17.6 Å². The average molecular weight is 436 g/mol. The summed E-state index contributed by atoms with van der Waals surface area (Å²) in [7, 11) is 0. The predicted octanol–water partition coefficient (Wildman–Crippen LogP) is 2.96. The molecule has 170 valence electrons. The number of nitrogens with one attached hydrogen (secondary N) is 2. The van der Waals surface area contributed by atoms with Crippen molar-refractivity contribution in [3.63, 3.8) is 0 Å². The number of hydrogen-bond acceptors (Lipinski definition) is 6. The van der Waals surface area contributed by atoms with Crippen molar-refractivity contribution >= 4 is 11.8 Å². The van der Waals surface area contributed by atoms with E-state index in [-0.39, 0.29) is 12.5 Å². The van der Waals surface area contributed by atoms with Crippen molar-refractivity contribution < 1.29 is 9.90 Å².